The summed E-state index contributed by atoms with van der Waals surface area (Å²) in [7, 11) is 3.22. The zero-order valence-electron chi connectivity index (χ0n) is 22.8. The van der Waals surface area contributed by atoms with Gasteiger partial charge in [-0.1, -0.05) is 48.5 Å². The first-order valence-electron chi connectivity index (χ1n) is 12.8. The number of rotatable bonds is 10. The second kappa shape index (κ2) is 13.7. The van der Waals surface area contributed by atoms with Gasteiger partial charge in [-0.2, -0.15) is 0 Å². The van der Waals surface area contributed by atoms with E-state index in [1.807, 2.05) is 61.5 Å². The molecule has 0 radical (unpaired) electrons. The number of nitrogens with one attached hydrogen (secondary N) is 2. The molecule has 0 saturated carbocycles. The summed E-state index contributed by atoms with van der Waals surface area (Å²) < 4.78 is 16.4. The zero-order chi connectivity index (χ0) is 28.3. The fourth-order valence-electron chi connectivity index (χ4n) is 4.00. The zero-order valence-corrected chi connectivity index (χ0v) is 22.8. The molecule has 0 aliphatic heterocycles. The number of ether oxygens (including phenoxy) is 3. The average Bonchev–Trinajstić information content (AvgIpc) is 2.99. The fourth-order valence-corrected chi connectivity index (χ4v) is 4.00. The molecule has 4 N–H and O–H groups in total. The summed E-state index contributed by atoms with van der Waals surface area (Å²) in [6, 6.07) is 29.2. The molecule has 4 aromatic rings. The number of nitrogens with two attached hydrogens (primary N) is 1. The molecular formula is C32H33N5O3. The standard InChI is InChI=1S/C32H33N5O3/c1-22(35-27-12-14-29(34)26(19-27)21-33)36-32(25-11-7-10-24(18-25)23-8-5-4-6-9-23)37-28-13-15-30(31(20-28)39-3)40-17-16-38-2/h4-15,18-21,33H,16-17,34H2,1-3H3,(H,35,36,37). The summed E-state index contributed by atoms with van der Waals surface area (Å²) >= 11 is 0. The second-order valence-corrected chi connectivity index (χ2v) is 8.87. The third-order valence-corrected chi connectivity index (χ3v) is 6.00. The average molecular weight is 536 g/mol. The minimum Gasteiger partial charge on any atom is -0.493 e. The smallest absolute Gasteiger partial charge is 0.162 e. The van der Waals surface area contributed by atoms with Crippen molar-refractivity contribution in [2.24, 2.45) is 9.98 Å². The van der Waals surface area contributed by atoms with Crippen molar-refractivity contribution >= 4 is 34.9 Å². The van der Waals surface area contributed by atoms with E-state index in [9.17, 15) is 0 Å². The highest BCUT2D eigenvalue weighted by atomic mass is 16.5. The second-order valence-electron chi connectivity index (χ2n) is 8.87. The van der Waals surface area contributed by atoms with Crippen LogP contribution in [0.1, 0.15) is 18.1 Å². The SMILES string of the molecule is COCCOc1ccc(N=C(N=C(C)Nc2ccc(N)c(C=N)c2)c2cccc(-c3ccccc3)c2)cc1OC. The van der Waals surface area contributed by atoms with Gasteiger partial charge in [-0.05, 0) is 54.4 Å². The summed E-state index contributed by atoms with van der Waals surface area (Å²) in [4.78, 5) is 9.78. The van der Waals surface area contributed by atoms with Crippen LogP contribution in [0.5, 0.6) is 11.5 Å². The van der Waals surface area contributed by atoms with Gasteiger partial charge in [0.2, 0.25) is 0 Å². The molecule has 4 rings (SSSR count). The number of anilines is 2. The van der Waals surface area contributed by atoms with Gasteiger partial charge in [0.25, 0.3) is 0 Å². The van der Waals surface area contributed by atoms with Crippen molar-refractivity contribution in [2.75, 3.05) is 38.5 Å². The summed E-state index contributed by atoms with van der Waals surface area (Å²) in [6.45, 7) is 2.75. The molecule has 0 fully saturated rings. The fraction of sp³-hybridized carbons (Fsp3) is 0.156. The lowest BCUT2D eigenvalue weighted by Crippen LogP contribution is -2.11. The number of nitrogen functional groups attached to an aromatic ring is 1. The van der Waals surface area contributed by atoms with Gasteiger partial charge in [-0.3, -0.25) is 0 Å². The third-order valence-electron chi connectivity index (χ3n) is 6.00. The first-order valence-corrected chi connectivity index (χ1v) is 12.8. The van der Waals surface area contributed by atoms with Crippen LogP contribution in [0, 0.1) is 5.41 Å². The van der Waals surface area contributed by atoms with Crippen molar-refractivity contribution in [3.8, 4) is 22.6 Å². The molecule has 0 atom stereocenters. The minimum absolute atomic E-state index is 0.410. The maximum absolute atomic E-state index is 7.59. The topological polar surface area (TPSA) is 114 Å². The molecule has 0 heterocycles. The molecule has 40 heavy (non-hydrogen) atoms. The molecule has 0 amide bonds. The van der Waals surface area contributed by atoms with E-state index in [0.29, 0.717) is 53.3 Å². The molecule has 0 saturated heterocycles. The van der Waals surface area contributed by atoms with Crippen LogP contribution in [0.2, 0.25) is 0 Å². The van der Waals surface area contributed by atoms with Crippen LogP contribution in [-0.4, -0.2) is 45.3 Å². The maximum Gasteiger partial charge on any atom is 0.162 e. The van der Waals surface area contributed by atoms with E-state index in [4.69, 9.17) is 35.3 Å². The Morgan fingerprint density at radius 1 is 0.875 bits per heavy atom. The Morgan fingerprint density at radius 2 is 1.68 bits per heavy atom. The van der Waals surface area contributed by atoms with Crippen LogP contribution in [0.4, 0.5) is 17.1 Å². The molecule has 0 aliphatic carbocycles. The van der Waals surface area contributed by atoms with Crippen LogP contribution in [0.3, 0.4) is 0 Å². The van der Waals surface area contributed by atoms with Gasteiger partial charge in [0.1, 0.15) is 12.4 Å². The summed E-state index contributed by atoms with van der Waals surface area (Å²) in [5, 5.41) is 10.9. The van der Waals surface area contributed by atoms with E-state index in [-0.39, 0.29) is 0 Å². The van der Waals surface area contributed by atoms with Gasteiger partial charge in [0.05, 0.1) is 19.4 Å². The first-order chi connectivity index (χ1) is 19.5. The van der Waals surface area contributed by atoms with Crippen molar-refractivity contribution in [1.82, 2.24) is 0 Å². The monoisotopic (exact) mass is 535 g/mol. The Labute approximate surface area is 234 Å². The Hall–Kier alpha value is -4.95. The lowest BCUT2D eigenvalue weighted by atomic mass is 10.0. The summed E-state index contributed by atoms with van der Waals surface area (Å²) in [6.07, 6.45) is 1.23. The number of benzene rings is 4. The highest BCUT2D eigenvalue weighted by Gasteiger charge is 2.10. The van der Waals surface area contributed by atoms with Crippen molar-refractivity contribution in [2.45, 2.75) is 6.92 Å². The van der Waals surface area contributed by atoms with Gasteiger partial charge in [0, 0.05) is 41.9 Å². The predicted molar refractivity (Wildman–Crippen MR) is 164 cm³/mol. The van der Waals surface area contributed by atoms with E-state index < -0.39 is 0 Å². The number of hydrogen-bond acceptors (Lipinski definition) is 6. The number of methoxy groups -OCH3 is 2. The van der Waals surface area contributed by atoms with E-state index in [0.717, 1.165) is 22.4 Å². The summed E-state index contributed by atoms with van der Waals surface area (Å²) in [5.74, 6) is 2.31. The molecule has 204 valence electrons. The molecule has 0 bridgehead atoms. The van der Waals surface area contributed by atoms with Crippen LogP contribution < -0.4 is 20.5 Å². The Morgan fingerprint density at radius 3 is 2.42 bits per heavy atom. The normalized spacial score (nSPS) is 11.7. The number of hydrogen-bond donors (Lipinski definition) is 3. The highest BCUT2D eigenvalue weighted by Crippen LogP contribution is 2.32. The van der Waals surface area contributed by atoms with Crippen molar-refractivity contribution in [1.29, 1.82) is 5.41 Å². The Balaban J connectivity index is 1.74. The summed E-state index contributed by atoms with van der Waals surface area (Å²) in [5.41, 5.74) is 11.5. The molecule has 0 unspecified atom stereocenters. The number of aliphatic imine (C=N–C) groups is 2. The minimum atomic E-state index is 0.410. The number of nitrogens with zero attached hydrogens (tertiary/aromatic N) is 2. The lowest BCUT2D eigenvalue weighted by Gasteiger charge is -2.12. The predicted octanol–water partition coefficient (Wildman–Crippen LogP) is 6.58. The van der Waals surface area contributed by atoms with Crippen LogP contribution in [-0.2, 0) is 4.74 Å². The van der Waals surface area contributed by atoms with E-state index in [2.05, 4.69) is 29.6 Å². The van der Waals surface area contributed by atoms with Gasteiger partial charge < -0.3 is 30.7 Å². The molecule has 8 nitrogen and oxygen atoms in total. The molecular weight excluding hydrogens is 502 g/mol. The van der Waals surface area contributed by atoms with E-state index in [1.165, 1.54) is 6.21 Å². The van der Waals surface area contributed by atoms with Crippen molar-refractivity contribution in [3.63, 3.8) is 0 Å². The van der Waals surface area contributed by atoms with Gasteiger partial charge in [-0.25, -0.2) is 9.98 Å². The molecule has 0 aromatic heterocycles. The van der Waals surface area contributed by atoms with E-state index in [1.54, 1.807) is 26.4 Å². The van der Waals surface area contributed by atoms with Crippen LogP contribution in [0.25, 0.3) is 11.1 Å². The highest BCUT2D eigenvalue weighted by molar-refractivity contribution is 6.10. The van der Waals surface area contributed by atoms with Gasteiger partial charge in [-0.15, -0.1) is 0 Å². The lowest BCUT2D eigenvalue weighted by molar-refractivity contribution is 0.144. The van der Waals surface area contributed by atoms with E-state index >= 15 is 0 Å². The van der Waals surface area contributed by atoms with Gasteiger partial charge in [0.15, 0.2) is 17.3 Å². The maximum atomic E-state index is 7.59. The van der Waals surface area contributed by atoms with Gasteiger partial charge >= 0.3 is 0 Å². The molecule has 0 aliphatic rings. The van der Waals surface area contributed by atoms with Crippen LogP contribution in [0.15, 0.2) is 101 Å². The molecule has 8 heteroatoms. The molecule has 4 aromatic carbocycles. The van der Waals surface area contributed by atoms with Crippen molar-refractivity contribution < 1.29 is 14.2 Å². The Kier molecular flexibility index (Phi) is 9.63. The third kappa shape index (κ3) is 7.33. The number of amidine groups is 2. The Bertz CT molecular complexity index is 1520. The van der Waals surface area contributed by atoms with Crippen LogP contribution >= 0.6 is 0 Å². The molecule has 0 spiro atoms. The quantitative estimate of drug-likeness (QED) is 0.0919. The first kappa shape index (κ1) is 28.1. The largest absolute Gasteiger partial charge is 0.493 e. The van der Waals surface area contributed by atoms with Crippen molar-refractivity contribution in [3.05, 3.63) is 102 Å².